The van der Waals surface area contributed by atoms with Crippen LogP contribution in [0.25, 0.3) is 5.57 Å². The quantitative estimate of drug-likeness (QED) is 0.657. The van der Waals surface area contributed by atoms with Gasteiger partial charge in [-0.05, 0) is 59.2 Å². The fraction of sp³-hybridized carbons (Fsp3) is 0.364. The number of carbonyl (C=O) groups excluding carboxylic acids is 1. The third kappa shape index (κ3) is 1.73. The summed E-state index contributed by atoms with van der Waals surface area (Å²) in [6.07, 6.45) is 5.47. The second kappa shape index (κ2) is 3.88. The van der Waals surface area contributed by atoms with E-state index >= 15 is 0 Å². The molecule has 68 valence electrons. The van der Waals surface area contributed by atoms with Gasteiger partial charge in [-0.15, -0.1) is 0 Å². The third-order valence-electron chi connectivity index (χ3n) is 2.52. The average Bonchev–Trinajstić information content (AvgIpc) is 2.70. The summed E-state index contributed by atoms with van der Waals surface area (Å²) >= 11 is 1.70. The molecule has 0 unspecified atom stereocenters. The summed E-state index contributed by atoms with van der Waals surface area (Å²) in [7, 11) is 0. The van der Waals surface area contributed by atoms with Gasteiger partial charge < -0.3 is 0 Å². The van der Waals surface area contributed by atoms with E-state index in [2.05, 4.69) is 16.8 Å². The van der Waals surface area contributed by atoms with E-state index in [1.165, 1.54) is 24.0 Å². The maximum atomic E-state index is 10.8. The number of thiophene rings is 1. The Morgan fingerprint density at radius 1 is 1.31 bits per heavy atom. The Morgan fingerprint density at radius 2 is 2.15 bits per heavy atom. The predicted molar refractivity (Wildman–Crippen MR) is 55.8 cm³/mol. The van der Waals surface area contributed by atoms with E-state index in [0.717, 1.165) is 24.7 Å². The van der Waals surface area contributed by atoms with Gasteiger partial charge in [0, 0.05) is 0 Å². The predicted octanol–water partition coefficient (Wildman–Crippen LogP) is 3.27. The topological polar surface area (TPSA) is 17.1 Å². The van der Waals surface area contributed by atoms with E-state index in [9.17, 15) is 4.79 Å². The highest BCUT2D eigenvalue weighted by atomic mass is 32.1. The van der Waals surface area contributed by atoms with E-state index in [0.29, 0.717) is 0 Å². The van der Waals surface area contributed by atoms with Gasteiger partial charge in [0.15, 0.2) is 0 Å². The molecule has 1 aromatic rings. The second-order valence-electron chi connectivity index (χ2n) is 3.34. The van der Waals surface area contributed by atoms with E-state index in [-0.39, 0.29) is 0 Å². The zero-order valence-electron chi connectivity index (χ0n) is 7.45. The van der Waals surface area contributed by atoms with Crippen molar-refractivity contribution >= 4 is 23.2 Å². The van der Waals surface area contributed by atoms with Gasteiger partial charge >= 0.3 is 0 Å². The van der Waals surface area contributed by atoms with E-state index in [1.54, 1.807) is 11.3 Å². The summed E-state index contributed by atoms with van der Waals surface area (Å²) in [5.41, 5.74) is 3.55. The number of hydrogen-bond donors (Lipinski definition) is 0. The normalized spacial score (nSPS) is 17.5. The van der Waals surface area contributed by atoms with Crippen molar-refractivity contribution in [2.45, 2.75) is 25.7 Å². The van der Waals surface area contributed by atoms with Crippen LogP contribution in [0.2, 0.25) is 0 Å². The fourth-order valence-corrected chi connectivity index (χ4v) is 2.50. The molecule has 1 aliphatic carbocycles. The highest BCUT2D eigenvalue weighted by Crippen LogP contribution is 2.32. The molecule has 0 spiro atoms. The van der Waals surface area contributed by atoms with Crippen LogP contribution in [-0.4, -0.2) is 6.29 Å². The molecule has 0 bridgehead atoms. The zero-order chi connectivity index (χ0) is 9.10. The highest BCUT2D eigenvalue weighted by molar-refractivity contribution is 7.08. The van der Waals surface area contributed by atoms with Crippen LogP contribution in [0.1, 0.15) is 31.2 Å². The zero-order valence-corrected chi connectivity index (χ0v) is 8.27. The standard InChI is InChI=1S/C11H12OS/c12-7-9-3-1-2-4-11(9)10-5-6-13-8-10/h5-8H,1-4H2. The molecular formula is C11H12OS. The van der Waals surface area contributed by atoms with Crippen molar-refractivity contribution in [2.24, 2.45) is 0 Å². The van der Waals surface area contributed by atoms with Gasteiger partial charge in [0.25, 0.3) is 0 Å². The first-order chi connectivity index (χ1) is 6.42. The molecule has 2 heteroatoms. The number of aldehydes is 1. The minimum atomic E-state index is 0.967. The van der Waals surface area contributed by atoms with Crippen LogP contribution in [0, 0.1) is 0 Å². The van der Waals surface area contributed by atoms with Crippen LogP contribution in [0.5, 0.6) is 0 Å². The average molecular weight is 192 g/mol. The molecule has 1 aromatic heterocycles. The maximum Gasteiger partial charge on any atom is 0.146 e. The molecule has 0 saturated carbocycles. The lowest BCUT2D eigenvalue weighted by atomic mass is 9.89. The summed E-state index contributed by atoms with van der Waals surface area (Å²) < 4.78 is 0. The Bertz CT molecular complexity index is 322. The van der Waals surface area contributed by atoms with E-state index < -0.39 is 0 Å². The van der Waals surface area contributed by atoms with Crippen molar-refractivity contribution in [3.63, 3.8) is 0 Å². The third-order valence-corrected chi connectivity index (χ3v) is 3.21. The molecule has 0 N–H and O–H groups in total. The van der Waals surface area contributed by atoms with Gasteiger partial charge in [-0.3, -0.25) is 4.79 Å². The first-order valence-electron chi connectivity index (χ1n) is 4.61. The van der Waals surface area contributed by atoms with Gasteiger partial charge in [0.05, 0.1) is 0 Å². The van der Waals surface area contributed by atoms with Crippen LogP contribution in [0.15, 0.2) is 22.4 Å². The molecule has 0 saturated heterocycles. The minimum absolute atomic E-state index is 0.967. The molecule has 1 heterocycles. The van der Waals surface area contributed by atoms with Crippen LogP contribution in [-0.2, 0) is 4.79 Å². The molecule has 0 aliphatic heterocycles. The number of rotatable bonds is 2. The first kappa shape index (κ1) is 8.70. The van der Waals surface area contributed by atoms with Crippen molar-refractivity contribution in [2.75, 3.05) is 0 Å². The Balaban J connectivity index is 2.38. The van der Waals surface area contributed by atoms with Crippen LogP contribution in [0.3, 0.4) is 0 Å². The summed E-state index contributed by atoms with van der Waals surface area (Å²) in [6.45, 7) is 0. The Hall–Kier alpha value is -0.890. The molecular weight excluding hydrogens is 180 g/mol. The summed E-state index contributed by atoms with van der Waals surface area (Å²) in [6, 6.07) is 2.11. The van der Waals surface area contributed by atoms with Gasteiger partial charge in [-0.2, -0.15) is 11.3 Å². The van der Waals surface area contributed by atoms with Crippen molar-refractivity contribution in [1.29, 1.82) is 0 Å². The number of hydrogen-bond acceptors (Lipinski definition) is 2. The Kier molecular flexibility index (Phi) is 2.60. The Labute approximate surface area is 82.1 Å². The number of carbonyl (C=O) groups is 1. The van der Waals surface area contributed by atoms with Gasteiger partial charge in [-0.25, -0.2) is 0 Å². The fourth-order valence-electron chi connectivity index (χ4n) is 1.82. The summed E-state index contributed by atoms with van der Waals surface area (Å²) in [4.78, 5) is 10.8. The van der Waals surface area contributed by atoms with Crippen LogP contribution < -0.4 is 0 Å². The molecule has 0 amide bonds. The van der Waals surface area contributed by atoms with Crippen molar-refractivity contribution in [1.82, 2.24) is 0 Å². The van der Waals surface area contributed by atoms with E-state index in [1.807, 2.05) is 0 Å². The minimum Gasteiger partial charge on any atom is -0.298 e. The largest absolute Gasteiger partial charge is 0.298 e. The molecule has 2 rings (SSSR count). The van der Waals surface area contributed by atoms with Gasteiger partial charge in [-0.1, -0.05) is 0 Å². The molecule has 0 radical (unpaired) electrons. The Morgan fingerprint density at radius 3 is 2.85 bits per heavy atom. The maximum absolute atomic E-state index is 10.8. The molecule has 1 aliphatic rings. The SMILES string of the molecule is O=CC1=C(c2ccsc2)CCCC1. The van der Waals surface area contributed by atoms with Crippen molar-refractivity contribution < 1.29 is 4.79 Å². The van der Waals surface area contributed by atoms with Crippen LogP contribution >= 0.6 is 11.3 Å². The highest BCUT2D eigenvalue weighted by Gasteiger charge is 2.13. The van der Waals surface area contributed by atoms with Crippen molar-refractivity contribution in [3.05, 3.63) is 28.0 Å². The van der Waals surface area contributed by atoms with Gasteiger partial charge in [0.2, 0.25) is 0 Å². The molecule has 1 nitrogen and oxygen atoms in total. The lowest BCUT2D eigenvalue weighted by molar-refractivity contribution is -0.105. The monoisotopic (exact) mass is 192 g/mol. The van der Waals surface area contributed by atoms with Gasteiger partial charge in [0.1, 0.15) is 6.29 Å². The molecule has 0 aromatic carbocycles. The summed E-state index contributed by atoms with van der Waals surface area (Å²) in [5, 5.41) is 4.20. The lowest BCUT2D eigenvalue weighted by Gasteiger charge is -2.15. The van der Waals surface area contributed by atoms with Crippen LogP contribution in [0.4, 0.5) is 0 Å². The summed E-state index contributed by atoms with van der Waals surface area (Å²) in [5.74, 6) is 0. The lowest BCUT2D eigenvalue weighted by Crippen LogP contribution is -1.99. The second-order valence-corrected chi connectivity index (χ2v) is 4.12. The smallest absolute Gasteiger partial charge is 0.146 e. The van der Waals surface area contributed by atoms with E-state index in [4.69, 9.17) is 0 Å². The first-order valence-corrected chi connectivity index (χ1v) is 5.56. The molecule has 0 atom stereocenters. The number of allylic oxidation sites excluding steroid dienone is 2. The molecule has 13 heavy (non-hydrogen) atoms. The van der Waals surface area contributed by atoms with Crippen molar-refractivity contribution in [3.8, 4) is 0 Å². The molecule has 0 fully saturated rings.